The zero-order valence-corrected chi connectivity index (χ0v) is 11.0. The minimum Gasteiger partial charge on any atom is -0.360 e. The van der Waals surface area contributed by atoms with Crippen LogP contribution in [0.2, 0.25) is 0 Å². The Bertz CT molecular complexity index is 249. The van der Waals surface area contributed by atoms with Crippen molar-refractivity contribution in [3.63, 3.8) is 0 Å². The summed E-state index contributed by atoms with van der Waals surface area (Å²) < 4.78 is 0. The second kappa shape index (κ2) is 4.40. The largest absolute Gasteiger partial charge is 0.360 e. The fourth-order valence-corrected chi connectivity index (χ4v) is 4.02. The summed E-state index contributed by atoms with van der Waals surface area (Å²) in [7, 11) is 0. The van der Waals surface area contributed by atoms with E-state index in [1.54, 1.807) is 0 Å². The van der Waals surface area contributed by atoms with E-state index in [9.17, 15) is 0 Å². The molecule has 2 rings (SSSR count). The van der Waals surface area contributed by atoms with Crippen LogP contribution in [-0.2, 0) is 0 Å². The van der Waals surface area contributed by atoms with E-state index in [1.807, 2.05) is 0 Å². The van der Waals surface area contributed by atoms with Crippen molar-refractivity contribution in [1.82, 2.24) is 4.90 Å². The van der Waals surface area contributed by atoms with E-state index < -0.39 is 0 Å². The first-order valence-electron chi connectivity index (χ1n) is 6.42. The van der Waals surface area contributed by atoms with Gasteiger partial charge < -0.3 is 4.90 Å². The Morgan fingerprint density at radius 2 is 2.00 bits per heavy atom. The summed E-state index contributed by atoms with van der Waals surface area (Å²) in [5, 5.41) is 0. The third-order valence-electron chi connectivity index (χ3n) is 4.28. The van der Waals surface area contributed by atoms with Gasteiger partial charge in [-0.3, -0.25) is 0 Å². The van der Waals surface area contributed by atoms with Gasteiger partial charge in [-0.05, 0) is 44.9 Å². The Labute approximate surface area is 99.2 Å². The molecule has 0 amide bonds. The molecule has 0 aromatic heterocycles. The second-order valence-corrected chi connectivity index (χ2v) is 6.04. The first kappa shape index (κ1) is 11.4. The lowest BCUT2D eigenvalue weighted by atomic mass is 9.71. The Hall–Kier alpha value is -0.110. The van der Waals surface area contributed by atoms with Gasteiger partial charge in [-0.15, -0.1) is 0 Å². The van der Waals surface area contributed by atoms with E-state index in [2.05, 4.69) is 25.7 Å². The highest BCUT2D eigenvalue weighted by Gasteiger charge is 2.39. The van der Waals surface area contributed by atoms with Crippen LogP contribution in [0.3, 0.4) is 0 Å². The van der Waals surface area contributed by atoms with Gasteiger partial charge in [0.25, 0.3) is 0 Å². The predicted octanol–water partition coefficient (Wildman–Crippen LogP) is 3.62. The average Bonchev–Trinajstić information content (AvgIpc) is 2.17. The van der Waals surface area contributed by atoms with E-state index in [-0.39, 0.29) is 0 Å². The molecule has 3 unspecified atom stereocenters. The number of piperidine rings is 1. The van der Waals surface area contributed by atoms with Crippen molar-refractivity contribution >= 4 is 17.2 Å². The minimum atomic E-state index is 0.593. The first-order valence-corrected chi connectivity index (χ1v) is 6.83. The van der Waals surface area contributed by atoms with Gasteiger partial charge in [0, 0.05) is 12.1 Å². The number of nitrogens with zero attached hydrogens (tertiary/aromatic N) is 1. The molecule has 0 spiro atoms. The average molecular weight is 225 g/mol. The van der Waals surface area contributed by atoms with Crippen molar-refractivity contribution in [3.8, 4) is 0 Å². The van der Waals surface area contributed by atoms with Gasteiger partial charge in [0.1, 0.15) is 0 Å². The highest BCUT2D eigenvalue weighted by molar-refractivity contribution is 7.80. The van der Waals surface area contributed by atoms with Gasteiger partial charge in [-0.2, -0.15) is 0 Å². The van der Waals surface area contributed by atoms with Gasteiger partial charge in [0.2, 0.25) is 0 Å². The Morgan fingerprint density at radius 3 is 2.67 bits per heavy atom. The summed E-state index contributed by atoms with van der Waals surface area (Å²) in [5.41, 5.74) is 0. The number of rotatable bonds is 1. The number of likely N-dealkylation sites (tertiary alicyclic amines) is 1. The molecule has 2 fully saturated rings. The second-order valence-electron chi connectivity index (χ2n) is 5.57. The van der Waals surface area contributed by atoms with E-state index in [1.165, 1.54) is 30.7 Å². The zero-order chi connectivity index (χ0) is 11.0. The monoisotopic (exact) mass is 225 g/mol. The maximum Gasteiger partial charge on any atom is 0.0784 e. The zero-order valence-electron chi connectivity index (χ0n) is 10.2. The van der Waals surface area contributed by atoms with Crippen LogP contribution in [0.1, 0.15) is 52.9 Å². The fourth-order valence-electron chi connectivity index (χ4n) is 3.55. The SMILES string of the molecule is CC1CCCC2C1CCC(=S)N2C(C)C. The summed E-state index contributed by atoms with van der Waals surface area (Å²) in [5.74, 6) is 1.82. The molecule has 1 saturated carbocycles. The molecule has 0 N–H and O–H groups in total. The van der Waals surface area contributed by atoms with Gasteiger partial charge in [0.05, 0.1) is 4.99 Å². The van der Waals surface area contributed by atoms with Crippen molar-refractivity contribution in [2.75, 3.05) is 0 Å². The number of hydrogen-bond donors (Lipinski definition) is 0. The summed E-state index contributed by atoms with van der Waals surface area (Å²) >= 11 is 5.54. The molecule has 2 heteroatoms. The van der Waals surface area contributed by atoms with E-state index >= 15 is 0 Å². The minimum absolute atomic E-state index is 0.593. The first-order chi connectivity index (χ1) is 7.11. The van der Waals surface area contributed by atoms with Gasteiger partial charge >= 0.3 is 0 Å². The van der Waals surface area contributed by atoms with Gasteiger partial charge in [-0.25, -0.2) is 0 Å². The van der Waals surface area contributed by atoms with Crippen LogP contribution in [-0.4, -0.2) is 22.0 Å². The molecule has 0 aromatic rings. The van der Waals surface area contributed by atoms with E-state index in [0.29, 0.717) is 6.04 Å². The maximum absolute atomic E-state index is 5.54. The lowest BCUT2D eigenvalue weighted by molar-refractivity contribution is 0.0813. The summed E-state index contributed by atoms with van der Waals surface area (Å²) in [6, 6.07) is 1.35. The number of fused-ring (bicyclic) bond motifs is 1. The van der Waals surface area contributed by atoms with Crippen molar-refractivity contribution in [2.45, 2.75) is 65.0 Å². The van der Waals surface area contributed by atoms with Crippen molar-refractivity contribution in [2.24, 2.45) is 11.8 Å². The van der Waals surface area contributed by atoms with Crippen LogP contribution in [0.15, 0.2) is 0 Å². The molecule has 1 aliphatic carbocycles. The van der Waals surface area contributed by atoms with Crippen LogP contribution < -0.4 is 0 Å². The topological polar surface area (TPSA) is 3.24 Å². The third kappa shape index (κ3) is 2.06. The lowest BCUT2D eigenvalue weighted by Crippen LogP contribution is -2.53. The predicted molar refractivity (Wildman–Crippen MR) is 69.1 cm³/mol. The number of thiocarbonyl (C=S) groups is 1. The normalized spacial score (nSPS) is 36.9. The quantitative estimate of drug-likeness (QED) is 0.627. The number of hydrogen-bond acceptors (Lipinski definition) is 1. The highest BCUT2D eigenvalue weighted by atomic mass is 32.1. The summed E-state index contributed by atoms with van der Waals surface area (Å²) in [6.07, 6.45) is 6.69. The van der Waals surface area contributed by atoms with Crippen molar-refractivity contribution in [3.05, 3.63) is 0 Å². The Balaban J connectivity index is 2.17. The third-order valence-corrected chi connectivity index (χ3v) is 4.69. The molecule has 15 heavy (non-hydrogen) atoms. The van der Waals surface area contributed by atoms with E-state index in [0.717, 1.165) is 24.3 Å². The van der Waals surface area contributed by atoms with Crippen LogP contribution in [0.5, 0.6) is 0 Å². The van der Waals surface area contributed by atoms with Crippen LogP contribution in [0.4, 0.5) is 0 Å². The van der Waals surface area contributed by atoms with Crippen molar-refractivity contribution < 1.29 is 0 Å². The maximum atomic E-state index is 5.54. The van der Waals surface area contributed by atoms with Gasteiger partial charge in [0.15, 0.2) is 0 Å². The van der Waals surface area contributed by atoms with Crippen LogP contribution in [0.25, 0.3) is 0 Å². The summed E-state index contributed by atoms with van der Waals surface area (Å²) in [4.78, 5) is 3.76. The van der Waals surface area contributed by atoms with E-state index in [4.69, 9.17) is 12.2 Å². The van der Waals surface area contributed by atoms with Gasteiger partial charge in [-0.1, -0.05) is 32.0 Å². The Morgan fingerprint density at radius 1 is 1.27 bits per heavy atom. The molecule has 86 valence electrons. The molecular formula is C13H23NS. The van der Waals surface area contributed by atoms with Crippen LogP contribution in [0, 0.1) is 11.8 Å². The molecular weight excluding hydrogens is 202 g/mol. The smallest absolute Gasteiger partial charge is 0.0784 e. The standard InChI is InChI=1S/C13H23NS/c1-9(2)14-12-6-4-5-10(3)11(12)7-8-13(14)15/h9-12H,4-8H2,1-3H3. The molecule has 1 saturated heterocycles. The fraction of sp³-hybridized carbons (Fsp3) is 0.923. The molecule has 3 atom stereocenters. The molecule has 0 bridgehead atoms. The molecule has 0 radical (unpaired) electrons. The lowest BCUT2D eigenvalue weighted by Gasteiger charge is -2.50. The Kier molecular flexibility index (Phi) is 3.34. The highest BCUT2D eigenvalue weighted by Crippen LogP contribution is 2.40. The van der Waals surface area contributed by atoms with Crippen LogP contribution >= 0.6 is 12.2 Å². The molecule has 1 heterocycles. The summed E-state index contributed by atoms with van der Waals surface area (Å²) in [6.45, 7) is 7.01. The molecule has 0 aromatic carbocycles. The van der Waals surface area contributed by atoms with Crippen molar-refractivity contribution in [1.29, 1.82) is 0 Å². The molecule has 2 aliphatic rings. The molecule has 1 nitrogen and oxygen atoms in total. The molecule has 1 aliphatic heterocycles.